The molecule has 146 valence electrons. The number of aromatic nitrogens is 3. The molecule has 1 heterocycles. The van der Waals surface area contributed by atoms with Crippen molar-refractivity contribution in [2.24, 2.45) is 0 Å². The molecule has 1 aromatic heterocycles. The summed E-state index contributed by atoms with van der Waals surface area (Å²) < 4.78 is 29.1. The highest BCUT2D eigenvalue weighted by atomic mass is 35.5. The SMILES string of the molecule is Cc1c(Cl)cccc1S(=O)(=O)Nc1ccc(NC(=O)C(C)n2cncn2)cc1. The van der Waals surface area contributed by atoms with E-state index in [9.17, 15) is 13.2 Å². The van der Waals surface area contributed by atoms with E-state index >= 15 is 0 Å². The number of rotatable bonds is 6. The molecule has 2 aromatic carbocycles. The third-order valence-electron chi connectivity index (χ3n) is 4.13. The summed E-state index contributed by atoms with van der Waals surface area (Å²) in [5.74, 6) is -0.270. The van der Waals surface area contributed by atoms with Crippen LogP contribution in [0.25, 0.3) is 0 Å². The Morgan fingerprint density at radius 1 is 1.14 bits per heavy atom. The quantitative estimate of drug-likeness (QED) is 0.638. The molecule has 1 unspecified atom stereocenters. The van der Waals surface area contributed by atoms with Crippen LogP contribution >= 0.6 is 11.6 Å². The van der Waals surface area contributed by atoms with Crippen molar-refractivity contribution < 1.29 is 13.2 Å². The molecule has 28 heavy (non-hydrogen) atoms. The van der Waals surface area contributed by atoms with Gasteiger partial charge in [-0.3, -0.25) is 9.52 Å². The van der Waals surface area contributed by atoms with Crippen molar-refractivity contribution in [2.75, 3.05) is 10.0 Å². The van der Waals surface area contributed by atoms with Gasteiger partial charge < -0.3 is 5.32 Å². The summed E-state index contributed by atoms with van der Waals surface area (Å²) in [7, 11) is -3.79. The maximum atomic E-state index is 12.6. The number of halogens is 1. The molecular formula is C18H18ClN5O3S. The second kappa shape index (κ2) is 7.99. The highest BCUT2D eigenvalue weighted by molar-refractivity contribution is 7.92. The van der Waals surface area contributed by atoms with Crippen LogP contribution < -0.4 is 10.0 Å². The summed E-state index contributed by atoms with van der Waals surface area (Å²) in [6.07, 6.45) is 2.81. The minimum Gasteiger partial charge on any atom is -0.324 e. The Morgan fingerprint density at radius 2 is 1.82 bits per heavy atom. The van der Waals surface area contributed by atoms with Gasteiger partial charge in [0.2, 0.25) is 5.91 Å². The number of amides is 1. The molecule has 0 fully saturated rings. The molecule has 3 aromatic rings. The van der Waals surface area contributed by atoms with Crippen LogP contribution in [0.1, 0.15) is 18.5 Å². The first kappa shape index (κ1) is 19.8. The van der Waals surface area contributed by atoms with Crippen molar-refractivity contribution in [1.82, 2.24) is 14.8 Å². The minimum absolute atomic E-state index is 0.110. The number of hydrogen-bond donors (Lipinski definition) is 2. The van der Waals surface area contributed by atoms with Crippen molar-refractivity contribution >= 4 is 38.9 Å². The van der Waals surface area contributed by atoms with E-state index in [4.69, 9.17) is 11.6 Å². The topological polar surface area (TPSA) is 106 Å². The van der Waals surface area contributed by atoms with Crippen molar-refractivity contribution in [3.63, 3.8) is 0 Å². The Morgan fingerprint density at radius 3 is 2.46 bits per heavy atom. The minimum atomic E-state index is -3.79. The summed E-state index contributed by atoms with van der Waals surface area (Å²) in [6, 6.07) is 10.5. The van der Waals surface area contributed by atoms with Gasteiger partial charge in [0, 0.05) is 16.4 Å². The molecule has 8 nitrogen and oxygen atoms in total. The molecule has 0 spiro atoms. The molecule has 10 heteroatoms. The molecule has 1 atom stereocenters. The van der Waals surface area contributed by atoms with Crippen molar-refractivity contribution in [1.29, 1.82) is 0 Å². The number of nitrogens with zero attached hydrogens (tertiary/aromatic N) is 3. The van der Waals surface area contributed by atoms with Crippen LogP contribution in [0.3, 0.4) is 0 Å². The number of carbonyl (C=O) groups is 1. The van der Waals surface area contributed by atoms with E-state index in [1.807, 2.05) is 0 Å². The van der Waals surface area contributed by atoms with Crippen LogP contribution in [0.5, 0.6) is 0 Å². The smallest absolute Gasteiger partial charge is 0.262 e. The van der Waals surface area contributed by atoms with Crippen molar-refractivity contribution in [3.05, 3.63) is 65.7 Å². The van der Waals surface area contributed by atoms with Gasteiger partial charge in [-0.1, -0.05) is 17.7 Å². The number of anilines is 2. The predicted molar refractivity (Wildman–Crippen MR) is 107 cm³/mol. The summed E-state index contributed by atoms with van der Waals surface area (Å²) in [5, 5.41) is 7.06. The Kier molecular flexibility index (Phi) is 5.66. The summed E-state index contributed by atoms with van der Waals surface area (Å²) in [6.45, 7) is 3.34. The van der Waals surface area contributed by atoms with Crippen LogP contribution in [0.4, 0.5) is 11.4 Å². The van der Waals surface area contributed by atoms with E-state index in [0.29, 0.717) is 22.0 Å². The number of carbonyl (C=O) groups excluding carboxylic acids is 1. The fourth-order valence-corrected chi connectivity index (χ4v) is 4.05. The first-order valence-corrected chi connectivity index (χ1v) is 10.2. The molecule has 0 bridgehead atoms. The third kappa shape index (κ3) is 4.32. The van der Waals surface area contributed by atoms with Gasteiger partial charge >= 0.3 is 0 Å². The molecule has 3 rings (SSSR count). The summed E-state index contributed by atoms with van der Waals surface area (Å²) in [5.41, 5.74) is 1.36. The lowest BCUT2D eigenvalue weighted by molar-refractivity contribution is -0.119. The van der Waals surface area contributed by atoms with Gasteiger partial charge in [0.15, 0.2) is 0 Å². The zero-order valence-electron chi connectivity index (χ0n) is 15.1. The number of hydrogen-bond acceptors (Lipinski definition) is 5. The van der Waals surface area contributed by atoms with E-state index in [2.05, 4.69) is 20.1 Å². The van der Waals surface area contributed by atoms with E-state index in [1.54, 1.807) is 50.2 Å². The lowest BCUT2D eigenvalue weighted by Crippen LogP contribution is -2.24. The van der Waals surface area contributed by atoms with E-state index in [0.717, 1.165) is 0 Å². The zero-order chi connectivity index (χ0) is 20.3. The highest BCUT2D eigenvalue weighted by Crippen LogP contribution is 2.25. The Hall–Kier alpha value is -2.91. The number of benzene rings is 2. The molecule has 0 aliphatic carbocycles. The lowest BCUT2D eigenvalue weighted by Gasteiger charge is -2.13. The zero-order valence-corrected chi connectivity index (χ0v) is 16.7. The van der Waals surface area contributed by atoms with E-state index in [-0.39, 0.29) is 10.8 Å². The van der Waals surface area contributed by atoms with Gasteiger partial charge in [-0.25, -0.2) is 18.1 Å². The second-order valence-electron chi connectivity index (χ2n) is 6.09. The molecule has 0 aliphatic rings. The molecule has 0 saturated carbocycles. The third-order valence-corrected chi connectivity index (χ3v) is 6.06. The molecule has 0 aliphatic heterocycles. The average Bonchev–Trinajstić information content (AvgIpc) is 3.19. The Balaban J connectivity index is 1.70. The molecule has 0 saturated heterocycles. The molecular weight excluding hydrogens is 402 g/mol. The molecule has 0 radical (unpaired) electrons. The predicted octanol–water partition coefficient (Wildman–Crippen LogP) is 3.24. The first-order valence-electron chi connectivity index (χ1n) is 8.31. The number of sulfonamides is 1. The highest BCUT2D eigenvalue weighted by Gasteiger charge is 2.19. The summed E-state index contributed by atoms with van der Waals surface area (Å²) in [4.78, 5) is 16.2. The first-order chi connectivity index (χ1) is 13.3. The van der Waals surface area contributed by atoms with E-state index in [1.165, 1.54) is 23.4 Å². The fourth-order valence-electron chi connectivity index (χ4n) is 2.49. The molecule has 2 N–H and O–H groups in total. The standard InChI is InChI=1S/C18H18ClN5O3S/c1-12-16(19)4-3-5-17(12)28(26,27)23-15-8-6-14(7-9-15)22-18(25)13(2)24-11-20-10-21-24/h3-11,13,23H,1-2H3,(H,22,25). The van der Waals surface area contributed by atoms with Crippen LogP contribution in [0, 0.1) is 6.92 Å². The van der Waals surface area contributed by atoms with Gasteiger partial charge in [0.1, 0.15) is 18.7 Å². The van der Waals surface area contributed by atoms with Crippen LogP contribution in [-0.2, 0) is 14.8 Å². The van der Waals surface area contributed by atoms with Gasteiger partial charge in [-0.15, -0.1) is 0 Å². The van der Waals surface area contributed by atoms with Gasteiger partial charge in [0.05, 0.1) is 4.90 Å². The van der Waals surface area contributed by atoms with Gasteiger partial charge in [-0.2, -0.15) is 5.10 Å². The normalized spacial score (nSPS) is 12.4. The van der Waals surface area contributed by atoms with Gasteiger partial charge in [0.25, 0.3) is 10.0 Å². The maximum absolute atomic E-state index is 12.6. The fraction of sp³-hybridized carbons (Fsp3) is 0.167. The van der Waals surface area contributed by atoms with Crippen molar-refractivity contribution in [3.8, 4) is 0 Å². The average molecular weight is 420 g/mol. The van der Waals surface area contributed by atoms with Crippen LogP contribution in [0.2, 0.25) is 5.02 Å². The monoisotopic (exact) mass is 419 g/mol. The largest absolute Gasteiger partial charge is 0.324 e. The Bertz CT molecular complexity index is 1080. The lowest BCUT2D eigenvalue weighted by atomic mass is 10.2. The molecule has 1 amide bonds. The van der Waals surface area contributed by atoms with Crippen molar-refractivity contribution in [2.45, 2.75) is 24.8 Å². The van der Waals surface area contributed by atoms with Gasteiger partial charge in [-0.05, 0) is 55.8 Å². The Labute approximate surface area is 167 Å². The summed E-state index contributed by atoms with van der Waals surface area (Å²) >= 11 is 6.01. The van der Waals surface area contributed by atoms with Crippen LogP contribution in [-0.4, -0.2) is 29.1 Å². The maximum Gasteiger partial charge on any atom is 0.262 e. The van der Waals surface area contributed by atoms with Crippen LogP contribution in [0.15, 0.2) is 60.0 Å². The number of nitrogens with one attached hydrogen (secondary N) is 2. The second-order valence-corrected chi connectivity index (χ2v) is 8.14. The van der Waals surface area contributed by atoms with E-state index < -0.39 is 16.1 Å².